The normalized spacial score (nSPS) is 21.6. The van der Waals surface area contributed by atoms with Crippen molar-refractivity contribution in [3.63, 3.8) is 0 Å². The third-order valence-corrected chi connectivity index (χ3v) is 4.55. The Labute approximate surface area is 133 Å². The molecule has 1 aromatic carbocycles. The van der Waals surface area contributed by atoms with E-state index in [-0.39, 0.29) is 17.2 Å². The van der Waals surface area contributed by atoms with E-state index in [4.69, 9.17) is 10.5 Å². The highest BCUT2D eigenvalue weighted by atomic mass is 16.5. The first-order valence-electron chi connectivity index (χ1n) is 8.08. The van der Waals surface area contributed by atoms with Gasteiger partial charge in [-0.1, -0.05) is 13.8 Å². The largest absolute Gasteiger partial charge is 0.494 e. The predicted octanol–water partition coefficient (Wildman–Crippen LogP) is 2.85. The van der Waals surface area contributed by atoms with Gasteiger partial charge >= 0.3 is 0 Å². The summed E-state index contributed by atoms with van der Waals surface area (Å²) in [6.07, 6.45) is 1.00. The van der Waals surface area contributed by atoms with E-state index in [0.717, 1.165) is 42.9 Å². The molecule has 0 aliphatic carbocycles. The first-order valence-corrected chi connectivity index (χ1v) is 8.08. The van der Waals surface area contributed by atoms with Crippen LogP contribution in [0.1, 0.15) is 50.0 Å². The van der Waals surface area contributed by atoms with Gasteiger partial charge in [0.1, 0.15) is 5.75 Å². The lowest BCUT2D eigenvalue weighted by Gasteiger charge is -2.42. The molecule has 2 N–H and O–H groups in total. The Morgan fingerprint density at radius 2 is 2.18 bits per heavy atom. The summed E-state index contributed by atoms with van der Waals surface area (Å²) in [6.45, 7) is 11.4. The van der Waals surface area contributed by atoms with Crippen LogP contribution in [0.3, 0.4) is 0 Å². The van der Waals surface area contributed by atoms with Gasteiger partial charge in [-0.3, -0.25) is 9.69 Å². The number of rotatable bonds is 5. The summed E-state index contributed by atoms with van der Waals surface area (Å²) in [4.78, 5) is 14.0. The molecule has 2 rings (SSSR count). The third-order valence-electron chi connectivity index (χ3n) is 4.55. The monoisotopic (exact) mass is 304 g/mol. The number of nitrogens with zero attached hydrogens (tertiary/aromatic N) is 1. The van der Waals surface area contributed by atoms with Crippen molar-refractivity contribution >= 4 is 5.78 Å². The van der Waals surface area contributed by atoms with Gasteiger partial charge in [0.25, 0.3) is 0 Å². The summed E-state index contributed by atoms with van der Waals surface area (Å²) in [6, 6.07) is 5.97. The van der Waals surface area contributed by atoms with Crippen LogP contribution in [0.15, 0.2) is 18.2 Å². The molecule has 0 saturated carbocycles. The molecule has 4 heteroatoms. The average Bonchev–Trinajstić information content (AvgIpc) is 2.44. The van der Waals surface area contributed by atoms with Crippen LogP contribution in [0.5, 0.6) is 5.75 Å². The second-order valence-corrected chi connectivity index (χ2v) is 6.91. The standard InChI is InChI=1S/C18H28N2O2/c1-5-22-16-7-6-14(13(2)21)10-15(16)11-20-9-8-17(19)18(3,4)12-20/h6-7,10,17H,5,8-9,11-12,19H2,1-4H3. The molecule has 22 heavy (non-hydrogen) atoms. The summed E-state index contributed by atoms with van der Waals surface area (Å²) in [5, 5.41) is 0. The smallest absolute Gasteiger partial charge is 0.159 e. The summed E-state index contributed by atoms with van der Waals surface area (Å²) in [5.41, 5.74) is 8.15. The number of likely N-dealkylation sites (tertiary alicyclic amines) is 1. The van der Waals surface area contributed by atoms with Crippen molar-refractivity contribution in [2.45, 2.75) is 46.7 Å². The molecule has 0 radical (unpaired) electrons. The minimum Gasteiger partial charge on any atom is -0.494 e. The fourth-order valence-electron chi connectivity index (χ4n) is 3.08. The van der Waals surface area contributed by atoms with Crippen LogP contribution >= 0.6 is 0 Å². The van der Waals surface area contributed by atoms with Crippen molar-refractivity contribution in [3.05, 3.63) is 29.3 Å². The van der Waals surface area contributed by atoms with Crippen molar-refractivity contribution < 1.29 is 9.53 Å². The molecule has 0 aromatic heterocycles. The zero-order valence-corrected chi connectivity index (χ0v) is 14.2. The van der Waals surface area contributed by atoms with Gasteiger partial charge in [0.2, 0.25) is 0 Å². The lowest BCUT2D eigenvalue weighted by Crippen LogP contribution is -2.52. The molecular weight excluding hydrogens is 276 g/mol. The third kappa shape index (κ3) is 3.87. The van der Waals surface area contributed by atoms with Crippen LogP contribution in [-0.4, -0.2) is 36.4 Å². The quantitative estimate of drug-likeness (QED) is 0.850. The summed E-state index contributed by atoms with van der Waals surface area (Å²) in [5.74, 6) is 0.963. The van der Waals surface area contributed by atoms with Gasteiger partial charge in [0.05, 0.1) is 6.61 Å². The summed E-state index contributed by atoms with van der Waals surface area (Å²) in [7, 11) is 0. The molecule has 1 aromatic rings. The van der Waals surface area contributed by atoms with E-state index in [1.807, 2.05) is 25.1 Å². The highest BCUT2D eigenvalue weighted by Crippen LogP contribution is 2.30. The van der Waals surface area contributed by atoms with Gasteiger partial charge in [-0.2, -0.15) is 0 Å². The van der Waals surface area contributed by atoms with Crippen molar-refractivity contribution in [1.29, 1.82) is 0 Å². The predicted molar refractivity (Wildman–Crippen MR) is 89.3 cm³/mol. The number of carbonyl (C=O) groups is 1. The lowest BCUT2D eigenvalue weighted by atomic mass is 9.79. The van der Waals surface area contributed by atoms with Gasteiger partial charge in [-0.25, -0.2) is 0 Å². The molecule has 1 saturated heterocycles. The molecule has 122 valence electrons. The number of benzene rings is 1. The van der Waals surface area contributed by atoms with Gasteiger partial charge in [0.15, 0.2) is 5.78 Å². The van der Waals surface area contributed by atoms with Crippen LogP contribution in [0.2, 0.25) is 0 Å². The zero-order chi connectivity index (χ0) is 16.3. The first kappa shape index (κ1) is 17.0. The number of Topliss-reactive ketones (excluding diaryl/α,β-unsaturated/α-hetero) is 1. The van der Waals surface area contributed by atoms with Crippen LogP contribution in [0, 0.1) is 5.41 Å². The van der Waals surface area contributed by atoms with E-state index in [1.54, 1.807) is 6.92 Å². The molecule has 1 aliphatic heterocycles. The van der Waals surface area contributed by atoms with Gasteiger partial charge < -0.3 is 10.5 Å². The molecule has 4 nitrogen and oxygen atoms in total. The van der Waals surface area contributed by atoms with Gasteiger partial charge in [-0.05, 0) is 43.9 Å². The van der Waals surface area contributed by atoms with E-state index in [1.165, 1.54) is 0 Å². The van der Waals surface area contributed by atoms with Gasteiger partial charge in [0, 0.05) is 36.8 Å². The van der Waals surface area contributed by atoms with Crippen molar-refractivity contribution in [2.24, 2.45) is 11.1 Å². The zero-order valence-electron chi connectivity index (χ0n) is 14.2. The van der Waals surface area contributed by atoms with Crippen LogP contribution in [-0.2, 0) is 6.54 Å². The lowest BCUT2D eigenvalue weighted by molar-refractivity contribution is 0.0889. The number of ether oxygens (including phenoxy) is 1. The van der Waals surface area contributed by atoms with Crippen LogP contribution in [0.4, 0.5) is 0 Å². The Morgan fingerprint density at radius 1 is 1.45 bits per heavy atom. The number of hydrogen-bond donors (Lipinski definition) is 1. The molecular formula is C18H28N2O2. The Morgan fingerprint density at radius 3 is 2.77 bits per heavy atom. The molecule has 1 atom stereocenters. The second-order valence-electron chi connectivity index (χ2n) is 6.91. The molecule has 0 bridgehead atoms. The number of ketones is 1. The van der Waals surface area contributed by atoms with Crippen molar-refractivity contribution in [3.8, 4) is 5.75 Å². The summed E-state index contributed by atoms with van der Waals surface area (Å²) < 4.78 is 5.72. The molecule has 0 spiro atoms. The Kier molecular flexibility index (Phi) is 5.24. The maximum atomic E-state index is 11.6. The Balaban J connectivity index is 2.20. The highest BCUT2D eigenvalue weighted by Gasteiger charge is 2.33. The fourth-order valence-corrected chi connectivity index (χ4v) is 3.08. The number of nitrogens with two attached hydrogens (primary N) is 1. The van der Waals surface area contributed by atoms with Crippen LogP contribution < -0.4 is 10.5 Å². The van der Waals surface area contributed by atoms with E-state index in [9.17, 15) is 4.79 Å². The van der Waals surface area contributed by atoms with E-state index in [2.05, 4.69) is 18.7 Å². The number of hydrogen-bond acceptors (Lipinski definition) is 4. The minimum absolute atomic E-state index is 0.0882. The van der Waals surface area contributed by atoms with E-state index < -0.39 is 0 Å². The number of piperidine rings is 1. The van der Waals surface area contributed by atoms with Crippen molar-refractivity contribution in [1.82, 2.24) is 4.90 Å². The molecule has 1 aliphatic rings. The highest BCUT2D eigenvalue weighted by molar-refractivity contribution is 5.94. The first-order chi connectivity index (χ1) is 10.3. The molecule has 1 fully saturated rings. The Hall–Kier alpha value is -1.39. The topological polar surface area (TPSA) is 55.6 Å². The van der Waals surface area contributed by atoms with E-state index >= 15 is 0 Å². The SMILES string of the molecule is CCOc1ccc(C(C)=O)cc1CN1CCC(N)C(C)(C)C1. The Bertz CT molecular complexity index is 540. The maximum Gasteiger partial charge on any atom is 0.159 e. The van der Waals surface area contributed by atoms with Crippen LogP contribution in [0.25, 0.3) is 0 Å². The maximum absolute atomic E-state index is 11.6. The van der Waals surface area contributed by atoms with E-state index in [0.29, 0.717) is 6.61 Å². The molecule has 0 amide bonds. The minimum atomic E-state index is 0.0882. The average molecular weight is 304 g/mol. The second kappa shape index (κ2) is 6.80. The number of carbonyl (C=O) groups excluding carboxylic acids is 1. The summed E-state index contributed by atoms with van der Waals surface area (Å²) >= 11 is 0. The van der Waals surface area contributed by atoms with Gasteiger partial charge in [-0.15, -0.1) is 0 Å². The molecule has 1 heterocycles. The fraction of sp³-hybridized carbons (Fsp3) is 0.611. The van der Waals surface area contributed by atoms with Crippen molar-refractivity contribution in [2.75, 3.05) is 19.7 Å². The molecule has 1 unspecified atom stereocenters.